The molecular weight excluding hydrogens is 431 g/mol. The maximum Gasteiger partial charge on any atom is 0.416 e. The van der Waals surface area contributed by atoms with Gasteiger partial charge < -0.3 is 4.57 Å². The Morgan fingerprint density at radius 2 is 1.73 bits per heavy atom. The third-order valence-electron chi connectivity index (χ3n) is 4.33. The Bertz CT molecular complexity index is 1120. The molecule has 0 radical (unpaired) electrons. The molecule has 0 amide bonds. The minimum atomic E-state index is -4.34. The molecule has 3 heterocycles. The number of thiazole rings is 1. The van der Waals surface area contributed by atoms with E-state index < -0.39 is 11.7 Å². The Balaban J connectivity index is 1.47. The Hall–Kier alpha value is -2.72. The molecule has 30 heavy (non-hydrogen) atoms. The molecule has 4 rings (SSSR count). The van der Waals surface area contributed by atoms with E-state index >= 15 is 0 Å². The highest BCUT2D eigenvalue weighted by Gasteiger charge is 2.30. The van der Waals surface area contributed by atoms with Crippen molar-refractivity contribution in [2.75, 3.05) is 0 Å². The van der Waals surface area contributed by atoms with Crippen LogP contribution in [-0.4, -0.2) is 24.7 Å². The van der Waals surface area contributed by atoms with Crippen molar-refractivity contribution < 1.29 is 13.2 Å². The molecule has 0 aliphatic heterocycles. The van der Waals surface area contributed by atoms with Crippen molar-refractivity contribution in [1.82, 2.24) is 24.7 Å². The lowest BCUT2D eigenvalue weighted by atomic mass is 10.1. The molecule has 0 saturated heterocycles. The van der Waals surface area contributed by atoms with Gasteiger partial charge in [0.1, 0.15) is 5.01 Å². The molecule has 1 aromatic carbocycles. The maximum absolute atomic E-state index is 12.7. The molecule has 154 valence electrons. The van der Waals surface area contributed by atoms with E-state index in [0.29, 0.717) is 16.3 Å². The van der Waals surface area contributed by atoms with Crippen LogP contribution in [0.25, 0.3) is 22.0 Å². The van der Waals surface area contributed by atoms with Crippen LogP contribution in [0, 0.1) is 0 Å². The third-order valence-corrected chi connectivity index (χ3v) is 6.27. The topological polar surface area (TPSA) is 56.5 Å². The minimum Gasteiger partial charge on any atom is -0.302 e. The van der Waals surface area contributed by atoms with Gasteiger partial charge in [0.25, 0.3) is 0 Å². The standard InChI is InChI=1S/C20H16F3N5S2/c1-2-28-17(13-7-9-24-10-8-13)26-27-19(28)30-12-16-11-29-18(25-16)14-3-5-15(6-4-14)20(21,22)23/h3-11H,2,12H2,1H3. The number of hydrogen-bond donors (Lipinski definition) is 0. The summed E-state index contributed by atoms with van der Waals surface area (Å²) in [7, 11) is 0. The predicted octanol–water partition coefficient (Wildman–Crippen LogP) is 5.79. The third kappa shape index (κ3) is 4.39. The normalized spacial score (nSPS) is 11.7. The molecule has 0 spiro atoms. The summed E-state index contributed by atoms with van der Waals surface area (Å²) in [6.07, 6.45) is -0.905. The Labute approximate surface area is 179 Å². The van der Waals surface area contributed by atoms with Crippen LogP contribution in [0.4, 0.5) is 13.2 Å². The van der Waals surface area contributed by atoms with Gasteiger partial charge in [-0.25, -0.2) is 4.98 Å². The quantitative estimate of drug-likeness (QED) is 0.350. The monoisotopic (exact) mass is 447 g/mol. The zero-order valence-corrected chi connectivity index (χ0v) is 17.4. The van der Waals surface area contributed by atoms with Crippen molar-refractivity contribution >= 4 is 23.1 Å². The van der Waals surface area contributed by atoms with E-state index in [0.717, 1.165) is 40.9 Å². The van der Waals surface area contributed by atoms with Gasteiger partial charge in [0.05, 0.1) is 11.3 Å². The predicted molar refractivity (Wildman–Crippen MR) is 111 cm³/mol. The van der Waals surface area contributed by atoms with Gasteiger partial charge in [-0.2, -0.15) is 13.2 Å². The lowest BCUT2D eigenvalue weighted by molar-refractivity contribution is -0.137. The van der Waals surface area contributed by atoms with E-state index in [4.69, 9.17) is 0 Å². The molecule has 0 unspecified atom stereocenters. The molecule has 0 bridgehead atoms. The summed E-state index contributed by atoms with van der Waals surface area (Å²) < 4.78 is 40.2. The fraction of sp³-hybridized carbons (Fsp3) is 0.200. The first-order valence-corrected chi connectivity index (χ1v) is 10.9. The minimum absolute atomic E-state index is 0.589. The SMILES string of the molecule is CCn1c(SCc2csc(-c3ccc(C(F)(F)F)cc3)n2)nnc1-c1ccncc1. The van der Waals surface area contributed by atoms with Gasteiger partial charge in [-0.15, -0.1) is 21.5 Å². The second kappa shape index (κ2) is 8.57. The molecule has 0 saturated carbocycles. The number of nitrogens with zero attached hydrogens (tertiary/aromatic N) is 5. The summed E-state index contributed by atoms with van der Waals surface area (Å²) in [5, 5.41) is 12.0. The van der Waals surface area contributed by atoms with Crippen molar-refractivity contribution in [1.29, 1.82) is 0 Å². The van der Waals surface area contributed by atoms with Crippen LogP contribution in [0.1, 0.15) is 18.2 Å². The number of benzene rings is 1. The molecule has 0 N–H and O–H groups in total. The van der Waals surface area contributed by atoms with E-state index in [9.17, 15) is 13.2 Å². The van der Waals surface area contributed by atoms with Gasteiger partial charge in [0.2, 0.25) is 0 Å². The van der Waals surface area contributed by atoms with Crippen LogP contribution in [-0.2, 0) is 18.5 Å². The van der Waals surface area contributed by atoms with Gasteiger partial charge in [-0.3, -0.25) is 4.98 Å². The average Bonchev–Trinajstić information content (AvgIpc) is 3.39. The summed E-state index contributed by atoms with van der Waals surface area (Å²) in [5.74, 6) is 1.37. The lowest BCUT2D eigenvalue weighted by Gasteiger charge is -2.06. The number of aromatic nitrogens is 5. The highest BCUT2D eigenvalue weighted by Crippen LogP contribution is 2.33. The van der Waals surface area contributed by atoms with Crippen molar-refractivity contribution in [3.63, 3.8) is 0 Å². The zero-order chi connectivity index (χ0) is 21.1. The van der Waals surface area contributed by atoms with Crippen LogP contribution < -0.4 is 0 Å². The number of halogens is 3. The van der Waals surface area contributed by atoms with E-state index in [-0.39, 0.29) is 0 Å². The first-order chi connectivity index (χ1) is 14.5. The maximum atomic E-state index is 12.7. The van der Waals surface area contributed by atoms with E-state index in [1.165, 1.54) is 35.2 Å². The molecule has 0 fully saturated rings. The number of pyridine rings is 1. The van der Waals surface area contributed by atoms with Gasteiger partial charge >= 0.3 is 6.18 Å². The number of hydrogen-bond acceptors (Lipinski definition) is 6. The second-order valence-corrected chi connectivity index (χ2v) is 8.09. The van der Waals surface area contributed by atoms with E-state index in [2.05, 4.69) is 20.2 Å². The zero-order valence-electron chi connectivity index (χ0n) is 15.8. The average molecular weight is 448 g/mol. The summed E-state index contributed by atoms with van der Waals surface area (Å²) >= 11 is 2.93. The number of thioether (sulfide) groups is 1. The molecule has 0 atom stereocenters. The van der Waals surface area contributed by atoms with E-state index in [1.54, 1.807) is 12.4 Å². The highest BCUT2D eigenvalue weighted by atomic mass is 32.2. The Morgan fingerprint density at radius 3 is 2.40 bits per heavy atom. The summed E-state index contributed by atoms with van der Waals surface area (Å²) in [6, 6.07) is 8.84. The van der Waals surface area contributed by atoms with Gasteiger partial charge in [0.15, 0.2) is 11.0 Å². The van der Waals surface area contributed by atoms with Crippen LogP contribution in [0.2, 0.25) is 0 Å². The first-order valence-electron chi connectivity index (χ1n) is 9.04. The van der Waals surface area contributed by atoms with Crippen molar-refractivity contribution in [3.8, 4) is 22.0 Å². The molecule has 0 aliphatic rings. The Kier molecular flexibility index (Phi) is 5.87. The van der Waals surface area contributed by atoms with Crippen molar-refractivity contribution in [2.45, 2.75) is 30.6 Å². The van der Waals surface area contributed by atoms with Crippen LogP contribution in [0.3, 0.4) is 0 Å². The smallest absolute Gasteiger partial charge is 0.302 e. The molecule has 5 nitrogen and oxygen atoms in total. The molecule has 3 aromatic heterocycles. The van der Waals surface area contributed by atoms with Crippen molar-refractivity contribution in [3.05, 3.63) is 65.4 Å². The lowest BCUT2D eigenvalue weighted by Crippen LogP contribution is -2.03. The Morgan fingerprint density at radius 1 is 1.00 bits per heavy atom. The molecule has 0 aliphatic carbocycles. The van der Waals surface area contributed by atoms with E-state index in [1.807, 2.05) is 29.0 Å². The van der Waals surface area contributed by atoms with Crippen LogP contribution >= 0.6 is 23.1 Å². The summed E-state index contributed by atoms with van der Waals surface area (Å²) in [5.41, 5.74) is 1.80. The van der Waals surface area contributed by atoms with Crippen LogP contribution in [0.5, 0.6) is 0 Å². The van der Waals surface area contributed by atoms with Gasteiger partial charge in [-0.05, 0) is 31.2 Å². The fourth-order valence-corrected chi connectivity index (χ4v) is 4.67. The van der Waals surface area contributed by atoms with Crippen molar-refractivity contribution in [2.24, 2.45) is 0 Å². The number of alkyl halides is 3. The largest absolute Gasteiger partial charge is 0.416 e. The molecule has 4 aromatic rings. The molecular formula is C20H16F3N5S2. The highest BCUT2D eigenvalue weighted by molar-refractivity contribution is 7.98. The first kappa shape index (κ1) is 20.5. The summed E-state index contributed by atoms with van der Waals surface area (Å²) in [4.78, 5) is 8.59. The van der Waals surface area contributed by atoms with Gasteiger partial charge in [0, 0.05) is 41.2 Å². The fourth-order valence-electron chi connectivity index (χ4n) is 2.84. The van der Waals surface area contributed by atoms with Gasteiger partial charge in [-0.1, -0.05) is 23.9 Å². The summed E-state index contributed by atoms with van der Waals surface area (Å²) in [6.45, 7) is 2.75. The number of rotatable bonds is 6. The molecule has 10 heteroatoms. The van der Waals surface area contributed by atoms with Crippen LogP contribution in [0.15, 0.2) is 59.3 Å². The second-order valence-electron chi connectivity index (χ2n) is 6.29.